The molecule has 1 aromatic rings. The lowest BCUT2D eigenvalue weighted by molar-refractivity contribution is 0.0386. The maximum Gasteiger partial charge on any atom is 0.241 e. The van der Waals surface area contributed by atoms with Crippen LogP contribution in [0.25, 0.3) is 0 Å². The highest BCUT2D eigenvalue weighted by Crippen LogP contribution is 2.24. The normalized spacial score (nSPS) is 15.3. The first-order valence-electron chi connectivity index (χ1n) is 5.95. The zero-order chi connectivity index (χ0) is 15.6. The van der Waals surface area contributed by atoms with E-state index in [1.165, 1.54) is 18.2 Å². The Kier molecular flexibility index (Phi) is 5.56. The second kappa shape index (κ2) is 6.40. The lowest BCUT2D eigenvalue weighted by atomic mass is 10.1. The van der Waals surface area contributed by atoms with Gasteiger partial charge in [-0.05, 0) is 55.1 Å². The maximum absolute atomic E-state index is 12.2. The van der Waals surface area contributed by atoms with Crippen molar-refractivity contribution < 1.29 is 13.5 Å². The van der Waals surface area contributed by atoms with E-state index in [0.29, 0.717) is 16.7 Å². The molecule has 0 saturated carbocycles. The van der Waals surface area contributed by atoms with Crippen LogP contribution in [-0.4, -0.2) is 51.2 Å². The molecule has 20 heavy (non-hydrogen) atoms. The van der Waals surface area contributed by atoms with E-state index in [1.807, 2.05) is 0 Å². The van der Waals surface area contributed by atoms with E-state index in [-0.39, 0.29) is 11.4 Å². The molecule has 0 aliphatic rings. The summed E-state index contributed by atoms with van der Waals surface area (Å²) in [6.45, 7) is 1.84. The molecule has 0 aromatic heterocycles. The average molecular weight is 366 g/mol. The molecule has 0 aliphatic heterocycles. The summed E-state index contributed by atoms with van der Waals surface area (Å²) >= 11 is 3.17. The van der Waals surface area contributed by atoms with Gasteiger partial charge in [0.15, 0.2) is 0 Å². The Morgan fingerprint density at radius 2 is 2.05 bits per heavy atom. The van der Waals surface area contributed by atoms with Gasteiger partial charge in [0.2, 0.25) is 10.0 Å². The highest BCUT2D eigenvalue weighted by Gasteiger charge is 2.25. The summed E-state index contributed by atoms with van der Waals surface area (Å²) in [6.07, 6.45) is 0. The number of benzene rings is 1. The number of aliphatic hydroxyl groups is 1. The van der Waals surface area contributed by atoms with Crippen molar-refractivity contribution in [3.63, 3.8) is 0 Å². The number of nitrogens with two attached hydrogens (primary N) is 1. The Morgan fingerprint density at radius 3 is 2.55 bits per heavy atom. The van der Waals surface area contributed by atoms with Crippen LogP contribution in [0.5, 0.6) is 0 Å². The summed E-state index contributed by atoms with van der Waals surface area (Å²) in [5.74, 6) is 0. The van der Waals surface area contributed by atoms with Crippen molar-refractivity contribution in [1.82, 2.24) is 9.62 Å². The number of likely N-dealkylation sites (N-methyl/N-ethyl adjacent to an activating group) is 1. The topological polar surface area (TPSA) is 95.7 Å². The van der Waals surface area contributed by atoms with Crippen LogP contribution < -0.4 is 10.5 Å². The number of anilines is 1. The number of sulfonamides is 1. The quantitative estimate of drug-likeness (QED) is 0.642. The van der Waals surface area contributed by atoms with Gasteiger partial charge in [0.1, 0.15) is 0 Å². The van der Waals surface area contributed by atoms with Gasteiger partial charge in [0, 0.05) is 23.2 Å². The number of rotatable bonds is 6. The molecule has 114 valence electrons. The van der Waals surface area contributed by atoms with Crippen LogP contribution in [0.15, 0.2) is 27.6 Å². The van der Waals surface area contributed by atoms with Gasteiger partial charge in [-0.15, -0.1) is 0 Å². The SMILES string of the molecule is CN(C)CC(C)(O)CNS(=O)(=O)c1ccc(N)cc1Br. The minimum Gasteiger partial charge on any atom is -0.399 e. The Morgan fingerprint density at radius 1 is 1.45 bits per heavy atom. The molecule has 0 spiro atoms. The molecule has 1 aromatic carbocycles. The van der Waals surface area contributed by atoms with Gasteiger partial charge in [-0.25, -0.2) is 13.1 Å². The second-order valence-corrected chi connectivity index (χ2v) is 7.84. The third-order valence-electron chi connectivity index (χ3n) is 2.55. The minimum atomic E-state index is -3.71. The molecule has 0 amide bonds. The van der Waals surface area contributed by atoms with Crippen molar-refractivity contribution >= 4 is 31.6 Å². The molecular formula is C12H20BrN3O3S. The molecule has 1 unspecified atom stereocenters. The molecule has 1 rings (SSSR count). The lowest BCUT2D eigenvalue weighted by Crippen LogP contribution is -2.47. The lowest BCUT2D eigenvalue weighted by Gasteiger charge is -2.27. The Labute approximate surface area is 128 Å². The maximum atomic E-state index is 12.2. The van der Waals surface area contributed by atoms with E-state index >= 15 is 0 Å². The van der Waals surface area contributed by atoms with Crippen molar-refractivity contribution in [3.8, 4) is 0 Å². The van der Waals surface area contributed by atoms with Crippen LogP contribution in [0.2, 0.25) is 0 Å². The summed E-state index contributed by atoms with van der Waals surface area (Å²) in [5, 5.41) is 10.1. The van der Waals surface area contributed by atoms with Crippen LogP contribution in [0.3, 0.4) is 0 Å². The molecule has 0 heterocycles. The molecule has 6 nitrogen and oxygen atoms in total. The average Bonchev–Trinajstić information content (AvgIpc) is 2.24. The van der Waals surface area contributed by atoms with E-state index in [1.54, 1.807) is 25.9 Å². The van der Waals surface area contributed by atoms with Crippen molar-refractivity contribution in [3.05, 3.63) is 22.7 Å². The van der Waals surface area contributed by atoms with E-state index < -0.39 is 15.6 Å². The third kappa shape index (κ3) is 5.02. The summed E-state index contributed by atoms with van der Waals surface area (Å²) in [7, 11) is -0.0975. The van der Waals surface area contributed by atoms with E-state index in [2.05, 4.69) is 20.7 Å². The van der Waals surface area contributed by atoms with Crippen LogP contribution in [0.4, 0.5) is 5.69 Å². The first-order valence-corrected chi connectivity index (χ1v) is 8.23. The zero-order valence-corrected chi connectivity index (χ0v) is 14.1. The van der Waals surface area contributed by atoms with Gasteiger partial charge in [-0.3, -0.25) is 0 Å². The first kappa shape index (κ1) is 17.4. The van der Waals surface area contributed by atoms with Gasteiger partial charge in [-0.1, -0.05) is 0 Å². The third-order valence-corrected chi connectivity index (χ3v) is 4.92. The number of nitrogens with zero attached hydrogens (tertiary/aromatic N) is 1. The van der Waals surface area contributed by atoms with Gasteiger partial charge in [-0.2, -0.15) is 0 Å². The molecule has 0 fully saturated rings. The molecule has 0 radical (unpaired) electrons. The van der Waals surface area contributed by atoms with Crippen LogP contribution >= 0.6 is 15.9 Å². The van der Waals surface area contributed by atoms with Gasteiger partial charge >= 0.3 is 0 Å². The zero-order valence-electron chi connectivity index (χ0n) is 11.7. The fourth-order valence-corrected chi connectivity index (χ4v) is 4.06. The van der Waals surface area contributed by atoms with Crippen molar-refractivity contribution in [1.29, 1.82) is 0 Å². The summed E-state index contributed by atoms with van der Waals surface area (Å²) < 4.78 is 27.2. The predicted molar refractivity (Wildman–Crippen MR) is 82.9 cm³/mol. The monoisotopic (exact) mass is 365 g/mol. The number of nitrogen functional groups attached to an aromatic ring is 1. The van der Waals surface area contributed by atoms with Gasteiger partial charge in [0.05, 0.1) is 10.5 Å². The summed E-state index contributed by atoms with van der Waals surface area (Å²) in [6, 6.07) is 4.45. The van der Waals surface area contributed by atoms with Crippen molar-refractivity contribution in [2.75, 3.05) is 32.9 Å². The fourth-order valence-electron chi connectivity index (χ4n) is 1.80. The minimum absolute atomic E-state index is 0.0790. The molecule has 0 aliphatic carbocycles. The van der Waals surface area contributed by atoms with Crippen LogP contribution in [-0.2, 0) is 10.0 Å². The molecule has 8 heteroatoms. The number of hydrogen-bond donors (Lipinski definition) is 3. The molecule has 4 N–H and O–H groups in total. The van der Waals surface area contributed by atoms with Gasteiger partial charge < -0.3 is 15.7 Å². The highest BCUT2D eigenvalue weighted by atomic mass is 79.9. The Bertz CT molecular complexity index is 573. The number of nitrogens with one attached hydrogen (secondary N) is 1. The Balaban J connectivity index is 2.85. The summed E-state index contributed by atoms with van der Waals surface area (Å²) in [5.41, 5.74) is 4.89. The molecular weight excluding hydrogens is 346 g/mol. The Hall–Kier alpha value is -0.670. The highest BCUT2D eigenvalue weighted by molar-refractivity contribution is 9.10. The smallest absolute Gasteiger partial charge is 0.241 e. The predicted octanol–water partition coefficient (Wildman–Crippen LogP) is 0.622. The largest absolute Gasteiger partial charge is 0.399 e. The van der Waals surface area contributed by atoms with E-state index in [9.17, 15) is 13.5 Å². The first-order chi connectivity index (χ1) is 9.03. The second-order valence-electron chi connectivity index (χ2n) is 5.25. The molecule has 1 atom stereocenters. The molecule has 0 saturated heterocycles. The van der Waals surface area contributed by atoms with Crippen LogP contribution in [0, 0.1) is 0 Å². The van der Waals surface area contributed by atoms with Gasteiger partial charge in [0.25, 0.3) is 0 Å². The molecule has 0 bridgehead atoms. The van der Waals surface area contributed by atoms with Crippen molar-refractivity contribution in [2.45, 2.75) is 17.4 Å². The van der Waals surface area contributed by atoms with E-state index in [0.717, 1.165) is 0 Å². The summed E-state index contributed by atoms with van der Waals surface area (Å²) in [4.78, 5) is 1.88. The number of halogens is 1. The number of hydrogen-bond acceptors (Lipinski definition) is 5. The van der Waals surface area contributed by atoms with Crippen molar-refractivity contribution in [2.24, 2.45) is 0 Å². The standard InChI is InChI=1S/C12H20BrN3O3S/c1-12(17,8-16(2)3)7-15-20(18,19)11-5-4-9(14)6-10(11)13/h4-6,15,17H,7-8,14H2,1-3H3. The van der Waals surface area contributed by atoms with Crippen LogP contribution in [0.1, 0.15) is 6.92 Å². The fraction of sp³-hybridized carbons (Fsp3) is 0.500. The van der Waals surface area contributed by atoms with E-state index in [4.69, 9.17) is 5.73 Å².